The minimum atomic E-state index is 0.274. The second-order valence-corrected chi connectivity index (χ2v) is 5.53. The van der Waals surface area contributed by atoms with Crippen LogP contribution in [0.3, 0.4) is 0 Å². The molecule has 0 aliphatic rings. The Morgan fingerprint density at radius 2 is 1.76 bits per heavy atom. The highest BCUT2D eigenvalue weighted by atomic mass is 16.5. The van der Waals surface area contributed by atoms with E-state index in [1.54, 1.807) is 7.11 Å². The van der Waals surface area contributed by atoms with Crippen LogP contribution < -0.4 is 10.1 Å². The van der Waals surface area contributed by atoms with E-state index in [9.17, 15) is 0 Å². The van der Waals surface area contributed by atoms with Crippen LogP contribution in [0, 0.1) is 5.41 Å². The van der Waals surface area contributed by atoms with Crippen LogP contribution in [0.15, 0.2) is 24.3 Å². The van der Waals surface area contributed by atoms with Gasteiger partial charge in [-0.25, -0.2) is 0 Å². The Hall–Kier alpha value is -1.02. The van der Waals surface area contributed by atoms with Crippen molar-refractivity contribution in [3.63, 3.8) is 0 Å². The van der Waals surface area contributed by atoms with Gasteiger partial charge in [0.05, 0.1) is 7.11 Å². The Morgan fingerprint density at radius 3 is 2.18 bits per heavy atom. The van der Waals surface area contributed by atoms with Crippen molar-refractivity contribution in [3.05, 3.63) is 29.8 Å². The number of methoxy groups -OCH3 is 1. The average molecular weight is 235 g/mol. The van der Waals surface area contributed by atoms with Crippen LogP contribution in [0.4, 0.5) is 0 Å². The Kier molecular flexibility index (Phi) is 5.01. The van der Waals surface area contributed by atoms with E-state index in [0.29, 0.717) is 6.04 Å². The Balaban J connectivity index is 2.72. The second kappa shape index (κ2) is 6.06. The minimum absolute atomic E-state index is 0.274. The molecule has 1 atom stereocenters. The Labute approximate surface area is 105 Å². The standard InChI is InChI=1S/C15H25NO/c1-6-16-14(15(2,3)4)11-12-7-9-13(17-5)10-8-12/h7-10,14,16H,6,11H2,1-5H3. The monoisotopic (exact) mass is 235 g/mol. The lowest BCUT2D eigenvalue weighted by atomic mass is 9.83. The molecule has 17 heavy (non-hydrogen) atoms. The number of hydrogen-bond donors (Lipinski definition) is 1. The summed E-state index contributed by atoms with van der Waals surface area (Å²) in [5.74, 6) is 0.921. The van der Waals surface area contributed by atoms with E-state index >= 15 is 0 Å². The van der Waals surface area contributed by atoms with Crippen molar-refractivity contribution in [1.82, 2.24) is 5.32 Å². The molecule has 1 rings (SSSR count). The first-order chi connectivity index (χ1) is 7.97. The summed E-state index contributed by atoms with van der Waals surface area (Å²) in [6.07, 6.45) is 1.06. The third kappa shape index (κ3) is 4.39. The van der Waals surface area contributed by atoms with Gasteiger partial charge < -0.3 is 10.1 Å². The molecule has 0 amide bonds. The predicted octanol–water partition coefficient (Wildman–Crippen LogP) is 3.26. The molecule has 1 unspecified atom stereocenters. The third-order valence-electron chi connectivity index (χ3n) is 3.09. The summed E-state index contributed by atoms with van der Waals surface area (Å²) in [5, 5.41) is 3.57. The van der Waals surface area contributed by atoms with Crippen LogP contribution in [0.2, 0.25) is 0 Å². The SMILES string of the molecule is CCNC(Cc1ccc(OC)cc1)C(C)(C)C. The van der Waals surface area contributed by atoms with E-state index < -0.39 is 0 Å². The van der Waals surface area contributed by atoms with E-state index in [-0.39, 0.29) is 5.41 Å². The van der Waals surface area contributed by atoms with Gasteiger partial charge in [-0.2, -0.15) is 0 Å². The van der Waals surface area contributed by atoms with Crippen molar-refractivity contribution in [2.45, 2.75) is 40.2 Å². The second-order valence-electron chi connectivity index (χ2n) is 5.53. The molecule has 0 bridgehead atoms. The lowest BCUT2D eigenvalue weighted by Gasteiger charge is -2.31. The van der Waals surface area contributed by atoms with Gasteiger partial charge in [0.2, 0.25) is 0 Å². The zero-order chi connectivity index (χ0) is 12.9. The molecule has 0 radical (unpaired) electrons. The molecule has 96 valence electrons. The average Bonchev–Trinajstić information content (AvgIpc) is 2.28. The highest BCUT2D eigenvalue weighted by molar-refractivity contribution is 5.27. The van der Waals surface area contributed by atoms with Crippen molar-refractivity contribution >= 4 is 0 Å². The lowest BCUT2D eigenvalue weighted by Crippen LogP contribution is -2.41. The number of ether oxygens (including phenoxy) is 1. The minimum Gasteiger partial charge on any atom is -0.497 e. The molecule has 0 aliphatic carbocycles. The van der Waals surface area contributed by atoms with Crippen molar-refractivity contribution in [2.75, 3.05) is 13.7 Å². The quantitative estimate of drug-likeness (QED) is 0.846. The largest absolute Gasteiger partial charge is 0.497 e. The van der Waals surface area contributed by atoms with Crippen molar-refractivity contribution < 1.29 is 4.74 Å². The number of benzene rings is 1. The maximum Gasteiger partial charge on any atom is 0.118 e. The topological polar surface area (TPSA) is 21.3 Å². The lowest BCUT2D eigenvalue weighted by molar-refractivity contribution is 0.270. The summed E-state index contributed by atoms with van der Waals surface area (Å²) in [5.41, 5.74) is 1.63. The van der Waals surface area contributed by atoms with E-state index in [1.807, 2.05) is 12.1 Å². The third-order valence-corrected chi connectivity index (χ3v) is 3.09. The summed E-state index contributed by atoms with van der Waals surface area (Å²) in [4.78, 5) is 0. The maximum absolute atomic E-state index is 5.17. The first-order valence-electron chi connectivity index (χ1n) is 6.33. The van der Waals surface area contributed by atoms with Gasteiger partial charge in [0.1, 0.15) is 5.75 Å². The van der Waals surface area contributed by atoms with Gasteiger partial charge in [-0.15, -0.1) is 0 Å². The molecular weight excluding hydrogens is 210 g/mol. The van der Waals surface area contributed by atoms with E-state index in [1.165, 1.54) is 5.56 Å². The molecule has 1 N–H and O–H groups in total. The number of rotatable bonds is 5. The molecule has 0 aromatic heterocycles. The predicted molar refractivity (Wildman–Crippen MR) is 73.6 cm³/mol. The fourth-order valence-electron chi connectivity index (χ4n) is 1.93. The Bertz CT molecular complexity index is 324. The van der Waals surface area contributed by atoms with Crippen LogP contribution in [-0.2, 0) is 6.42 Å². The van der Waals surface area contributed by atoms with Crippen LogP contribution >= 0.6 is 0 Å². The molecule has 0 saturated carbocycles. The molecule has 1 aromatic carbocycles. The first-order valence-corrected chi connectivity index (χ1v) is 6.33. The normalized spacial score (nSPS) is 13.5. The zero-order valence-electron chi connectivity index (χ0n) is 11.7. The molecule has 0 saturated heterocycles. The van der Waals surface area contributed by atoms with E-state index in [2.05, 4.69) is 45.1 Å². The fourth-order valence-corrected chi connectivity index (χ4v) is 1.93. The summed E-state index contributed by atoms with van der Waals surface area (Å²) in [6, 6.07) is 8.85. The molecule has 1 aromatic rings. The van der Waals surface area contributed by atoms with E-state index in [4.69, 9.17) is 4.74 Å². The molecular formula is C15H25NO. The van der Waals surface area contributed by atoms with E-state index in [0.717, 1.165) is 18.7 Å². The first kappa shape index (κ1) is 14.0. The fraction of sp³-hybridized carbons (Fsp3) is 0.600. The van der Waals surface area contributed by atoms with Gasteiger partial charge in [0.15, 0.2) is 0 Å². The van der Waals surface area contributed by atoms with Gasteiger partial charge in [-0.3, -0.25) is 0 Å². The number of likely N-dealkylation sites (N-methyl/N-ethyl adjacent to an activating group) is 1. The van der Waals surface area contributed by atoms with Crippen LogP contribution in [-0.4, -0.2) is 19.7 Å². The van der Waals surface area contributed by atoms with Gasteiger partial charge in [-0.05, 0) is 36.1 Å². The molecule has 0 spiro atoms. The zero-order valence-corrected chi connectivity index (χ0v) is 11.7. The summed E-state index contributed by atoms with van der Waals surface area (Å²) >= 11 is 0. The van der Waals surface area contributed by atoms with Crippen molar-refractivity contribution in [3.8, 4) is 5.75 Å². The molecule has 0 aliphatic heterocycles. The molecule has 0 fully saturated rings. The maximum atomic E-state index is 5.17. The number of hydrogen-bond acceptors (Lipinski definition) is 2. The van der Waals surface area contributed by atoms with Crippen molar-refractivity contribution in [2.24, 2.45) is 5.41 Å². The molecule has 2 nitrogen and oxygen atoms in total. The highest BCUT2D eigenvalue weighted by Crippen LogP contribution is 2.23. The van der Waals surface area contributed by atoms with Crippen molar-refractivity contribution in [1.29, 1.82) is 0 Å². The van der Waals surface area contributed by atoms with Gasteiger partial charge >= 0.3 is 0 Å². The number of nitrogens with one attached hydrogen (secondary N) is 1. The van der Waals surface area contributed by atoms with Crippen LogP contribution in [0.1, 0.15) is 33.3 Å². The summed E-state index contributed by atoms with van der Waals surface area (Å²) in [7, 11) is 1.70. The summed E-state index contributed by atoms with van der Waals surface area (Å²) in [6.45, 7) is 10.0. The van der Waals surface area contributed by atoms with Gasteiger partial charge in [0, 0.05) is 6.04 Å². The molecule has 0 heterocycles. The van der Waals surface area contributed by atoms with Gasteiger partial charge in [0.25, 0.3) is 0 Å². The van der Waals surface area contributed by atoms with Gasteiger partial charge in [-0.1, -0.05) is 39.8 Å². The smallest absolute Gasteiger partial charge is 0.118 e. The summed E-state index contributed by atoms with van der Waals surface area (Å²) < 4.78 is 5.17. The van der Waals surface area contributed by atoms with Crippen LogP contribution in [0.5, 0.6) is 5.75 Å². The highest BCUT2D eigenvalue weighted by Gasteiger charge is 2.23. The molecule has 2 heteroatoms. The van der Waals surface area contributed by atoms with Crippen LogP contribution in [0.25, 0.3) is 0 Å². The Morgan fingerprint density at radius 1 is 1.18 bits per heavy atom.